The largest absolute Gasteiger partial charge is 0.411 e. The molecule has 0 atom stereocenters. The molecular weight excluding hydrogens is 314 g/mol. The number of nitrogens with zero attached hydrogens (tertiary/aromatic N) is 3. The molecule has 0 radical (unpaired) electrons. The van der Waals surface area contributed by atoms with E-state index >= 15 is 0 Å². The molecule has 20 heavy (non-hydrogen) atoms. The Balaban J connectivity index is 1.87. The highest BCUT2D eigenvalue weighted by Gasteiger charge is 2.12. The van der Waals surface area contributed by atoms with E-state index in [1.54, 1.807) is 23.1 Å². The first-order chi connectivity index (χ1) is 9.78. The van der Waals surface area contributed by atoms with Crippen LogP contribution in [0.5, 0.6) is 0 Å². The van der Waals surface area contributed by atoms with Gasteiger partial charge in [-0.15, -0.1) is 11.3 Å². The lowest BCUT2D eigenvalue weighted by Gasteiger charge is -2.01. The average molecular weight is 324 g/mol. The molecule has 1 aromatic carbocycles. The number of thiazole rings is 1. The van der Waals surface area contributed by atoms with Gasteiger partial charge < -0.3 is 5.21 Å². The van der Waals surface area contributed by atoms with Crippen LogP contribution < -0.4 is 0 Å². The summed E-state index contributed by atoms with van der Waals surface area (Å²) in [6.45, 7) is 0. The van der Waals surface area contributed by atoms with Crippen molar-refractivity contribution < 1.29 is 5.21 Å². The van der Waals surface area contributed by atoms with Crippen molar-refractivity contribution >= 4 is 45.9 Å². The summed E-state index contributed by atoms with van der Waals surface area (Å²) in [7, 11) is 0. The van der Waals surface area contributed by atoms with Crippen molar-refractivity contribution in [2.75, 3.05) is 0 Å². The Bertz CT molecular complexity index is 766. The van der Waals surface area contributed by atoms with Crippen LogP contribution in [-0.4, -0.2) is 20.8 Å². The highest BCUT2D eigenvalue weighted by atomic mass is 35.5. The monoisotopic (exact) mass is 323 g/mol. The Morgan fingerprint density at radius 1 is 1.50 bits per heavy atom. The molecule has 2 heterocycles. The van der Waals surface area contributed by atoms with Crippen molar-refractivity contribution in [1.82, 2.24) is 9.38 Å². The number of rotatable bonds is 4. The summed E-state index contributed by atoms with van der Waals surface area (Å²) in [4.78, 5) is 5.42. The van der Waals surface area contributed by atoms with Gasteiger partial charge in [0.1, 0.15) is 10.7 Å². The van der Waals surface area contributed by atoms with Gasteiger partial charge in [0.25, 0.3) is 0 Å². The lowest BCUT2D eigenvalue weighted by Crippen LogP contribution is -1.90. The van der Waals surface area contributed by atoms with Crippen molar-refractivity contribution in [3.05, 3.63) is 52.1 Å². The molecule has 0 amide bonds. The number of halogens is 1. The van der Waals surface area contributed by atoms with E-state index in [0.29, 0.717) is 0 Å². The average Bonchev–Trinajstić information content (AvgIpc) is 3.00. The standard InChI is InChI=1S/C13H10ClN3OS2/c14-10-3-1-2-9(6-10)8-20-12-11(7-15-18)17-4-5-19-13(17)16-12/h1-7,18H,8H2/b15-7-. The lowest BCUT2D eigenvalue weighted by molar-refractivity contribution is 0.321. The van der Waals surface area contributed by atoms with Crippen LogP contribution in [0, 0.1) is 0 Å². The molecule has 1 N–H and O–H groups in total. The number of thioether (sulfide) groups is 1. The zero-order valence-electron chi connectivity index (χ0n) is 10.2. The highest BCUT2D eigenvalue weighted by molar-refractivity contribution is 7.98. The van der Waals surface area contributed by atoms with E-state index in [0.717, 1.165) is 32.0 Å². The molecule has 0 saturated carbocycles. The molecule has 4 nitrogen and oxygen atoms in total. The van der Waals surface area contributed by atoms with Gasteiger partial charge in [-0.1, -0.05) is 40.7 Å². The normalized spacial score (nSPS) is 11.7. The number of imidazole rings is 1. The Morgan fingerprint density at radius 3 is 3.20 bits per heavy atom. The van der Waals surface area contributed by atoms with Gasteiger partial charge in [0.15, 0.2) is 4.96 Å². The molecule has 0 spiro atoms. The second-order valence-electron chi connectivity index (χ2n) is 4.02. The van der Waals surface area contributed by atoms with Gasteiger partial charge in [0.2, 0.25) is 0 Å². The van der Waals surface area contributed by atoms with E-state index in [1.807, 2.05) is 40.2 Å². The molecule has 7 heteroatoms. The predicted molar refractivity (Wildman–Crippen MR) is 83.5 cm³/mol. The van der Waals surface area contributed by atoms with Gasteiger partial charge in [-0.3, -0.25) is 4.40 Å². The number of hydrogen-bond donors (Lipinski definition) is 1. The summed E-state index contributed by atoms with van der Waals surface area (Å²) in [5.41, 5.74) is 1.92. The number of hydrogen-bond acceptors (Lipinski definition) is 5. The molecule has 0 aliphatic carbocycles. The summed E-state index contributed by atoms with van der Waals surface area (Å²) in [6, 6.07) is 7.75. The second kappa shape index (κ2) is 5.87. The lowest BCUT2D eigenvalue weighted by atomic mass is 10.2. The van der Waals surface area contributed by atoms with Crippen LogP contribution in [0.1, 0.15) is 11.3 Å². The summed E-state index contributed by atoms with van der Waals surface area (Å²) in [5.74, 6) is 0.762. The highest BCUT2D eigenvalue weighted by Crippen LogP contribution is 2.28. The maximum Gasteiger partial charge on any atom is 0.195 e. The van der Waals surface area contributed by atoms with Crippen LogP contribution in [0.4, 0.5) is 0 Å². The van der Waals surface area contributed by atoms with Crippen LogP contribution >= 0.6 is 34.7 Å². The summed E-state index contributed by atoms with van der Waals surface area (Å²) in [5, 5.41) is 15.4. The number of fused-ring (bicyclic) bond motifs is 1. The topological polar surface area (TPSA) is 49.9 Å². The minimum absolute atomic E-state index is 0.728. The molecule has 0 aliphatic rings. The Hall–Kier alpha value is -1.50. The molecule has 0 unspecified atom stereocenters. The molecule has 0 aliphatic heterocycles. The molecule has 3 aromatic rings. The van der Waals surface area contributed by atoms with Crippen molar-refractivity contribution in [3.63, 3.8) is 0 Å². The van der Waals surface area contributed by atoms with Gasteiger partial charge in [-0.2, -0.15) is 0 Å². The van der Waals surface area contributed by atoms with Gasteiger partial charge in [-0.05, 0) is 17.7 Å². The molecule has 0 saturated heterocycles. The van der Waals surface area contributed by atoms with Crippen LogP contribution in [-0.2, 0) is 5.75 Å². The zero-order chi connectivity index (χ0) is 13.9. The van der Waals surface area contributed by atoms with Crippen molar-refractivity contribution in [1.29, 1.82) is 0 Å². The SMILES string of the molecule is O/N=C\c1c(SCc2cccc(Cl)c2)nc2sccn12. The molecular formula is C13H10ClN3OS2. The number of aromatic nitrogens is 2. The van der Waals surface area contributed by atoms with E-state index in [1.165, 1.54) is 6.21 Å². The quantitative estimate of drug-likeness (QED) is 0.339. The Morgan fingerprint density at radius 2 is 2.40 bits per heavy atom. The van der Waals surface area contributed by atoms with E-state index < -0.39 is 0 Å². The van der Waals surface area contributed by atoms with Crippen LogP contribution in [0.25, 0.3) is 4.96 Å². The molecule has 3 rings (SSSR count). The predicted octanol–water partition coefficient (Wildman–Crippen LogP) is 4.15. The Kier molecular flexibility index (Phi) is 3.95. The first kappa shape index (κ1) is 13.5. The summed E-state index contributed by atoms with van der Waals surface area (Å²) in [6.07, 6.45) is 3.32. The van der Waals surface area contributed by atoms with Gasteiger partial charge in [0.05, 0.1) is 6.21 Å². The maximum atomic E-state index is 8.79. The fraction of sp³-hybridized carbons (Fsp3) is 0.0769. The van der Waals surface area contributed by atoms with Crippen molar-refractivity contribution in [2.45, 2.75) is 10.8 Å². The van der Waals surface area contributed by atoms with E-state index in [2.05, 4.69) is 10.1 Å². The van der Waals surface area contributed by atoms with Crippen LogP contribution in [0.3, 0.4) is 0 Å². The minimum atomic E-state index is 0.728. The van der Waals surface area contributed by atoms with E-state index in [-0.39, 0.29) is 0 Å². The van der Waals surface area contributed by atoms with Gasteiger partial charge in [0, 0.05) is 22.4 Å². The molecule has 0 fully saturated rings. The third kappa shape index (κ3) is 2.67. The zero-order valence-corrected chi connectivity index (χ0v) is 12.6. The maximum absolute atomic E-state index is 8.79. The van der Waals surface area contributed by atoms with E-state index in [4.69, 9.17) is 16.8 Å². The summed E-state index contributed by atoms with van der Waals surface area (Å²) >= 11 is 9.11. The molecule has 0 bridgehead atoms. The third-order valence-corrected chi connectivity index (χ3v) is 4.75. The molecule has 2 aromatic heterocycles. The van der Waals surface area contributed by atoms with Crippen molar-refractivity contribution in [3.8, 4) is 0 Å². The van der Waals surface area contributed by atoms with Crippen LogP contribution in [0.15, 0.2) is 46.0 Å². The molecule has 102 valence electrons. The Labute approximate surface area is 128 Å². The minimum Gasteiger partial charge on any atom is -0.411 e. The van der Waals surface area contributed by atoms with Gasteiger partial charge >= 0.3 is 0 Å². The first-order valence-electron chi connectivity index (χ1n) is 5.78. The van der Waals surface area contributed by atoms with Crippen molar-refractivity contribution in [2.24, 2.45) is 5.16 Å². The van der Waals surface area contributed by atoms with E-state index in [9.17, 15) is 0 Å². The fourth-order valence-electron chi connectivity index (χ4n) is 1.84. The third-order valence-electron chi connectivity index (χ3n) is 2.71. The van der Waals surface area contributed by atoms with Crippen LogP contribution in [0.2, 0.25) is 5.02 Å². The fourth-order valence-corrected chi connectivity index (χ4v) is 3.76. The number of oxime groups is 1. The summed E-state index contributed by atoms with van der Waals surface area (Å²) < 4.78 is 1.91. The van der Waals surface area contributed by atoms with Gasteiger partial charge in [-0.25, -0.2) is 4.98 Å². The first-order valence-corrected chi connectivity index (χ1v) is 8.02. The second-order valence-corrected chi connectivity index (χ2v) is 6.29. The number of benzene rings is 1. The smallest absolute Gasteiger partial charge is 0.195 e.